The third kappa shape index (κ3) is 4.79. The van der Waals surface area contributed by atoms with E-state index in [0.29, 0.717) is 25.3 Å². The Bertz CT molecular complexity index is 280. The number of Topliss-reactive ketones (excluding diaryl/α,β-unsaturated/α-hetero) is 1. The van der Waals surface area contributed by atoms with Gasteiger partial charge in [0.2, 0.25) is 0 Å². The van der Waals surface area contributed by atoms with E-state index in [1.54, 1.807) is 12.3 Å². The predicted molar refractivity (Wildman–Crippen MR) is 59.5 cm³/mol. The fourth-order valence-electron chi connectivity index (χ4n) is 1.53. The number of rotatable bonds is 7. The lowest BCUT2D eigenvalue weighted by molar-refractivity contribution is -0.118. The molecule has 0 saturated carbocycles. The van der Waals surface area contributed by atoms with E-state index in [9.17, 15) is 4.79 Å². The molecule has 0 radical (unpaired) electrons. The van der Waals surface area contributed by atoms with Gasteiger partial charge in [-0.3, -0.25) is 4.79 Å². The molecule has 2 N–H and O–H groups in total. The highest BCUT2D eigenvalue weighted by molar-refractivity contribution is 5.80. The Morgan fingerprint density at radius 2 is 2.33 bits per heavy atom. The Morgan fingerprint density at radius 1 is 1.53 bits per heavy atom. The summed E-state index contributed by atoms with van der Waals surface area (Å²) in [5.41, 5.74) is 5.45. The Hall–Kier alpha value is -1.09. The molecule has 1 atom stereocenters. The molecular formula is C12H19NO2. The molecule has 1 heterocycles. The van der Waals surface area contributed by atoms with Gasteiger partial charge in [0.15, 0.2) is 0 Å². The zero-order valence-electron chi connectivity index (χ0n) is 9.24. The first-order valence-corrected chi connectivity index (χ1v) is 5.46. The molecule has 0 aliphatic carbocycles. The van der Waals surface area contributed by atoms with Gasteiger partial charge < -0.3 is 10.2 Å². The van der Waals surface area contributed by atoms with Crippen LogP contribution in [0.3, 0.4) is 0 Å². The Balaban J connectivity index is 2.19. The molecule has 0 amide bonds. The van der Waals surface area contributed by atoms with Crippen LogP contribution in [-0.2, 0) is 11.2 Å². The zero-order chi connectivity index (χ0) is 11.1. The molecular weight excluding hydrogens is 190 g/mol. The van der Waals surface area contributed by atoms with Gasteiger partial charge in [-0.2, -0.15) is 0 Å². The molecule has 0 saturated heterocycles. The lowest BCUT2D eigenvalue weighted by Crippen LogP contribution is -2.09. The summed E-state index contributed by atoms with van der Waals surface area (Å²) in [7, 11) is 0. The van der Waals surface area contributed by atoms with Crippen LogP contribution in [0.4, 0.5) is 0 Å². The third-order valence-corrected chi connectivity index (χ3v) is 2.53. The van der Waals surface area contributed by atoms with E-state index in [-0.39, 0.29) is 5.78 Å². The van der Waals surface area contributed by atoms with Crippen LogP contribution in [-0.4, -0.2) is 12.3 Å². The Labute approximate surface area is 90.6 Å². The van der Waals surface area contributed by atoms with Gasteiger partial charge in [-0.05, 0) is 37.4 Å². The number of furan rings is 1. The summed E-state index contributed by atoms with van der Waals surface area (Å²) in [5.74, 6) is 1.54. The molecule has 1 rings (SSSR count). The zero-order valence-corrected chi connectivity index (χ0v) is 9.24. The van der Waals surface area contributed by atoms with E-state index >= 15 is 0 Å². The van der Waals surface area contributed by atoms with E-state index < -0.39 is 0 Å². The Morgan fingerprint density at radius 3 is 2.93 bits per heavy atom. The largest absolute Gasteiger partial charge is 0.469 e. The van der Waals surface area contributed by atoms with Crippen molar-refractivity contribution in [1.82, 2.24) is 0 Å². The van der Waals surface area contributed by atoms with E-state index in [0.717, 1.165) is 18.6 Å². The second kappa shape index (κ2) is 6.40. The van der Waals surface area contributed by atoms with Crippen molar-refractivity contribution >= 4 is 5.78 Å². The summed E-state index contributed by atoms with van der Waals surface area (Å²) in [6.45, 7) is 2.83. The van der Waals surface area contributed by atoms with Gasteiger partial charge in [0, 0.05) is 6.42 Å². The number of hydrogen-bond acceptors (Lipinski definition) is 3. The number of carbonyl (C=O) groups excluding carboxylic acids is 1. The molecule has 1 aromatic heterocycles. The summed E-state index contributed by atoms with van der Waals surface area (Å²) in [6, 6.07) is 3.64. The minimum Gasteiger partial charge on any atom is -0.469 e. The maximum absolute atomic E-state index is 11.5. The van der Waals surface area contributed by atoms with Gasteiger partial charge >= 0.3 is 0 Å². The molecule has 84 valence electrons. The van der Waals surface area contributed by atoms with Gasteiger partial charge in [-0.25, -0.2) is 0 Å². The van der Waals surface area contributed by atoms with Gasteiger partial charge in [0.1, 0.15) is 11.5 Å². The van der Waals surface area contributed by atoms with Crippen LogP contribution in [0, 0.1) is 5.92 Å². The maximum atomic E-state index is 11.5. The number of hydrogen-bond donors (Lipinski definition) is 1. The van der Waals surface area contributed by atoms with Gasteiger partial charge in [-0.1, -0.05) is 6.92 Å². The first-order valence-electron chi connectivity index (χ1n) is 5.46. The van der Waals surface area contributed by atoms with Crippen molar-refractivity contribution in [3.63, 3.8) is 0 Å². The molecule has 0 aromatic carbocycles. The highest BCUT2D eigenvalue weighted by atomic mass is 16.3. The molecule has 0 aliphatic rings. The highest BCUT2D eigenvalue weighted by Gasteiger charge is 2.08. The molecule has 3 nitrogen and oxygen atoms in total. The van der Waals surface area contributed by atoms with Crippen molar-refractivity contribution in [1.29, 1.82) is 0 Å². The normalized spacial score (nSPS) is 12.7. The van der Waals surface area contributed by atoms with Crippen LogP contribution >= 0.6 is 0 Å². The molecule has 1 unspecified atom stereocenters. The quantitative estimate of drug-likeness (QED) is 0.748. The van der Waals surface area contributed by atoms with Crippen molar-refractivity contribution in [2.24, 2.45) is 11.7 Å². The number of carbonyl (C=O) groups is 1. The van der Waals surface area contributed by atoms with Gasteiger partial charge in [0.25, 0.3) is 0 Å². The van der Waals surface area contributed by atoms with E-state index in [4.69, 9.17) is 10.2 Å². The molecule has 0 bridgehead atoms. The average Bonchev–Trinajstić information content (AvgIpc) is 2.68. The summed E-state index contributed by atoms with van der Waals surface area (Å²) in [5, 5.41) is 0. The first kappa shape index (κ1) is 12.0. The molecule has 0 fully saturated rings. The maximum Gasteiger partial charge on any atom is 0.140 e. The summed E-state index contributed by atoms with van der Waals surface area (Å²) in [4.78, 5) is 11.5. The van der Waals surface area contributed by atoms with Crippen LogP contribution in [0.15, 0.2) is 22.8 Å². The third-order valence-electron chi connectivity index (χ3n) is 2.53. The topological polar surface area (TPSA) is 56.2 Å². The molecule has 0 aliphatic heterocycles. The lowest BCUT2D eigenvalue weighted by atomic mass is 9.99. The second-order valence-electron chi connectivity index (χ2n) is 4.02. The van der Waals surface area contributed by atoms with E-state index in [2.05, 4.69) is 6.92 Å². The summed E-state index contributed by atoms with van der Waals surface area (Å²) in [6.07, 6.45) is 4.56. The molecule has 3 heteroatoms. The van der Waals surface area contributed by atoms with Gasteiger partial charge in [0.05, 0.1) is 12.7 Å². The second-order valence-corrected chi connectivity index (χ2v) is 4.02. The van der Waals surface area contributed by atoms with Crippen molar-refractivity contribution < 1.29 is 9.21 Å². The number of ketones is 1. The monoisotopic (exact) mass is 209 g/mol. The van der Waals surface area contributed by atoms with E-state index in [1.807, 2.05) is 6.07 Å². The molecule has 0 spiro atoms. The van der Waals surface area contributed by atoms with Crippen LogP contribution in [0.2, 0.25) is 0 Å². The summed E-state index contributed by atoms with van der Waals surface area (Å²) >= 11 is 0. The minimum absolute atomic E-state index is 0.244. The average molecular weight is 209 g/mol. The first-order chi connectivity index (χ1) is 7.22. The standard InChI is InChI=1S/C12H19NO2/c1-10(6-7-13)4-5-11(14)9-12-3-2-8-15-12/h2-3,8,10H,4-7,9,13H2,1H3. The lowest BCUT2D eigenvalue weighted by Gasteiger charge is -2.08. The van der Waals surface area contributed by atoms with Crippen LogP contribution < -0.4 is 5.73 Å². The molecule has 15 heavy (non-hydrogen) atoms. The summed E-state index contributed by atoms with van der Waals surface area (Å²) < 4.78 is 5.12. The SMILES string of the molecule is CC(CCN)CCC(=O)Cc1ccco1. The van der Waals surface area contributed by atoms with Crippen molar-refractivity contribution in [2.75, 3.05) is 6.54 Å². The minimum atomic E-state index is 0.244. The van der Waals surface area contributed by atoms with E-state index in [1.165, 1.54) is 0 Å². The number of nitrogens with two attached hydrogens (primary N) is 1. The van der Waals surface area contributed by atoms with Crippen molar-refractivity contribution in [3.05, 3.63) is 24.2 Å². The van der Waals surface area contributed by atoms with Crippen molar-refractivity contribution in [2.45, 2.75) is 32.6 Å². The van der Waals surface area contributed by atoms with Crippen LogP contribution in [0.1, 0.15) is 31.9 Å². The van der Waals surface area contributed by atoms with Gasteiger partial charge in [-0.15, -0.1) is 0 Å². The fourth-order valence-corrected chi connectivity index (χ4v) is 1.53. The Kier molecular flexibility index (Phi) is 5.12. The van der Waals surface area contributed by atoms with Crippen molar-refractivity contribution in [3.8, 4) is 0 Å². The highest BCUT2D eigenvalue weighted by Crippen LogP contribution is 2.11. The smallest absolute Gasteiger partial charge is 0.140 e. The van der Waals surface area contributed by atoms with Crippen LogP contribution in [0.5, 0.6) is 0 Å². The van der Waals surface area contributed by atoms with Crippen LogP contribution in [0.25, 0.3) is 0 Å². The fraction of sp³-hybridized carbons (Fsp3) is 0.583. The molecule has 1 aromatic rings. The predicted octanol–water partition coefficient (Wildman–Crippen LogP) is 2.16.